The minimum absolute atomic E-state index is 0.239. The van der Waals surface area contributed by atoms with E-state index >= 15 is 0 Å². The topological polar surface area (TPSA) is 42.4 Å². The molecule has 0 radical (unpaired) electrons. The van der Waals surface area contributed by atoms with Crippen LogP contribution in [0, 0.1) is 6.92 Å². The largest absolute Gasteiger partial charge is 0.444 e. The van der Waals surface area contributed by atoms with E-state index in [-0.39, 0.29) is 6.09 Å². The van der Waals surface area contributed by atoms with Crippen LogP contribution in [-0.4, -0.2) is 34.7 Å². The lowest BCUT2D eigenvalue weighted by Gasteiger charge is -2.29. The predicted molar refractivity (Wildman–Crippen MR) is 77.3 cm³/mol. The summed E-state index contributed by atoms with van der Waals surface area (Å²) < 4.78 is 5.37. The summed E-state index contributed by atoms with van der Waals surface area (Å²) in [6, 6.07) is 0. The first kappa shape index (κ1) is 14.1. The molecule has 0 aliphatic carbocycles. The number of aromatic nitrogens is 1. The van der Waals surface area contributed by atoms with Crippen LogP contribution in [0.25, 0.3) is 5.57 Å². The number of carbonyl (C=O) groups is 1. The molecule has 0 aromatic carbocycles. The van der Waals surface area contributed by atoms with Gasteiger partial charge in [-0.3, -0.25) is 0 Å². The molecule has 0 fully saturated rings. The van der Waals surface area contributed by atoms with Gasteiger partial charge in [0, 0.05) is 18.5 Å². The highest BCUT2D eigenvalue weighted by Crippen LogP contribution is 2.24. The van der Waals surface area contributed by atoms with Gasteiger partial charge >= 0.3 is 6.09 Å². The van der Waals surface area contributed by atoms with Crippen molar-refractivity contribution in [1.29, 1.82) is 0 Å². The van der Waals surface area contributed by atoms with Crippen molar-refractivity contribution in [2.45, 2.75) is 39.7 Å². The number of thiazole rings is 1. The molecule has 5 heteroatoms. The van der Waals surface area contributed by atoms with Gasteiger partial charge in [0.15, 0.2) is 0 Å². The number of hydrogen-bond acceptors (Lipinski definition) is 4. The summed E-state index contributed by atoms with van der Waals surface area (Å²) in [5, 5.41) is 3.15. The molecule has 0 unspecified atom stereocenters. The first-order valence-corrected chi connectivity index (χ1v) is 7.32. The van der Waals surface area contributed by atoms with E-state index in [0.29, 0.717) is 13.1 Å². The quantitative estimate of drug-likeness (QED) is 0.791. The second-order valence-electron chi connectivity index (χ2n) is 5.66. The molecule has 0 bridgehead atoms. The zero-order valence-electron chi connectivity index (χ0n) is 11.9. The summed E-state index contributed by atoms with van der Waals surface area (Å²) in [6.07, 6.45) is 2.67. The van der Waals surface area contributed by atoms with Crippen molar-refractivity contribution in [2.24, 2.45) is 0 Å². The lowest BCUT2D eigenvalue weighted by atomic mass is 10.1. The van der Waals surface area contributed by atoms with E-state index in [4.69, 9.17) is 4.74 Å². The van der Waals surface area contributed by atoms with E-state index in [1.165, 1.54) is 5.57 Å². The van der Waals surface area contributed by atoms with Crippen molar-refractivity contribution >= 4 is 23.0 Å². The maximum Gasteiger partial charge on any atom is 0.410 e. The first-order chi connectivity index (χ1) is 8.85. The second-order valence-corrected chi connectivity index (χ2v) is 6.72. The molecule has 0 atom stereocenters. The Bertz CT molecular complexity index is 500. The van der Waals surface area contributed by atoms with Crippen molar-refractivity contribution in [2.75, 3.05) is 13.1 Å². The third kappa shape index (κ3) is 3.80. The van der Waals surface area contributed by atoms with Crippen LogP contribution < -0.4 is 0 Å². The number of hydrogen-bond donors (Lipinski definition) is 0. The average molecular weight is 280 g/mol. The van der Waals surface area contributed by atoms with Gasteiger partial charge in [-0.1, -0.05) is 6.08 Å². The summed E-state index contributed by atoms with van der Waals surface area (Å²) in [6.45, 7) is 8.94. The zero-order valence-corrected chi connectivity index (χ0v) is 12.7. The van der Waals surface area contributed by atoms with Crippen molar-refractivity contribution in [3.05, 3.63) is 22.2 Å². The summed E-state index contributed by atoms with van der Waals surface area (Å²) in [5.41, 5.74) is 1.84. The number of ether oxygens (including phenoxy) is 1. The summed E-state index contributed by atoms with van der Waals surface area (Å²) >= 11 is 1.66. The molecule has 4 nitrogen and oxygen atoms in total. The van der Waals surface area contributed by atoms with Gasteiger partial charge in [0.1, 0.15) is 5.60 Å². The number of amides is 1. The molecule has 0 saturated heterocycles. The Balaban J connectivity index is 1.98. The van der Waals surface area contributed by atoms with Crippen molar-refractivity contribution in [3.8, 4) is 0 Å². The van der Waals surface area contributed by atoms with E-state index in [0.717, 1.165) is 17.1 Å². The molecule has 0 saturated carbocycles. The van der Waals surface area contributed by atoms with Crippen LogP contribution in [0.2, 0.25) is 0 Å². The van der Waals surface area contributed by atoms with Crippen LogP contribution in [0.15, 0.2) is 11.5 Å². The fourth-order valence-electron chi connectivity index (χ4n) is 1.91. The van der Waals surface area contributed by atoms with Gasteiger partial charge in [-0.05, 0) is 39.7 Å². The Morgan fingerprint density at radius 2 is 2.21 bits per heavy atom. The molecule has 19 heavy (non-hydrogen) atoms. The molecular weight excluding hydrogens is 260 g/mol. The van der Waals surface area contributed by atoms with E-state index in [9.17, 15) is 4.79 Å². The highest BCUT2D eigenvalue weighted by Gasteiger charge is 2.24. The van der Waals surface area contributed by atoms with Crippen LogP contribution in [0.5, 0.6) is 0 Å². The van der Waals surface area contributed by atoms with Crippen molar-refractivity contribution < 1.29 is 9.53 Å². The van der Waals surface area contributed by atoms with E-state index in [2.05, 4.69) is 16.4 Å². The molecule has 1 aliphatic heterocycles. The molecule has 104 valence electrons. The maximum absolute atomic E-state index is 11.9. The number of rotatable bonds is 1. The van der Waals surface area contributed by atoms with Crippen molar-refractivity contribution in [1.82, 2.24) is 9.88 Å². The average Bonchev–Trinajstić information content (AvgIpc) is 2.74. The number of aryl methyl sites for hydroxylation is 1. The molecule has 2 heterocycles. The van der Waals surface area contributed by atoms with Crippen LogP contribution in [0.3, 0.4) is 0 Å². The molecule has 1 aromatic heterocycles. The minimum atomic E-state index is -0.437. The molecule has 0 spiro atoms. The van der Waals surface area contributed by atoms with Crippen LogP contribution in [0.4, 0.5) is 4.79 Å². The fraction of sp³-hybridized carbons (Fsp3) is 0.571. The Morgan fingerprint density at radius 1 is 1.47 bits per heavy atom. The highest BCUT2D eigenvalue weighted by molar-refractivity contribution is 7.09. The number of carbonyl (C=O) groups excluding carboxylic acids is 1. The molecular formula is C14H20N2O2S. The zero-order chi connectivity index (χ0) is 14.0. The van der Waals surface area contributed by atoms with Gasteiger partial charge in [0.25, 0.3) is 0 Å². The Morgan fingerprint density at radius 3 is 2.68 bits per heavy atom. The number of nitrogens with zero attached hydrogens (tertiary/aromatic N) is 2. The predicted octanol–water partition coefficient (Wildman–Crippen LogP) is 3.48. The Labute approximate surface area is 118 Å². The van der Waals surface area contributed by atoms with Gasteiger partial charge < -0.3 is 9.64 Å². The monoisotopic (exact) mass is 280 g/mol. The maximum atomic E-state index is 11.9. The molecule has 1 amide bonds. The summed E-state index contributed by atoms with van der Waals surface area (Å²) in [5.74, 6) is 0. The Hall–Kier alpha value is -1.36. The van der Waals surface area contributed by atoms with Crippen molar-refractivity contribution in [3.63, 3.8) is 0 Å². The van der Waals surface area contributed by atoms with E-state index in [1.807, 2.05) is 27.7 Å². The molecule has 0 N–H and O–H groups in total. The normalized spacial score (nSPS) is 16.2. The van der Waals surface area contributed by atoms with Gasteiger partial charge in [0.05, 0.1) is 10.7 Å². The second kappa shape index (κ2) is 5.33. The van der Waals surface area contributed by atoms with Gasteiger partial charge in [-0.25, -0.2) is 9.78 Å². The third-order valence-electron chi connectivity index (χ3n) is 2.81. The fourth-order valence-corrected chi connectivity index (χ4v) is 2.54. The smallest absolute Gasteiger partial charge is 0.410 e. The summed E-state index contributed by atoms with van der Waals surface area (Å²) in [7, 11) is 0. The van der Waals surface area contributed by atoms with Crippen LogP contribution >= 0.6 is 11.3 Å². The standard InChI is InChI=1S/C14H20N2O2S/c1-10-15-12(9-19-10)11-5-7-16(8-6-11)13(17)18-14(2,3)4/h5,9H,6-8H2,1-4H3. The lowest BCUT2D eigenvalue weighted by molar-refractivity contribution is 0.0270. The molecule has 2 rings (SSSR count). The SMILES string of the molecule is Cc1nc(C2=CCN(C(=O)OC(C)(C)C)CC2)cs1. The minimum Gasteiger partial charge on any atom is -0.444 e. The highest BCUT2D eigenvalue weighted by atomic mass is 32.1. The van der Waals surface area contributed by atoms with Gasteiger partial charge in [0.2, 0.25) is 0 Å². The van der Waals surface area contributed by atoms with E-state index < -0.39 is 5.60 Å². The first-order valence-electron chi connectivity index (χ1n) is 6.44. The van der Waals surface area contributed by atoms with E-state index in [1.54, 1.807) is 16.2 Å². The Kier molecular flexibility index (Phi) is 3.94. The van der Waals surface area contributed by atoms with Gasteiger partial charge in [-0.2, -0.15) is 0 Å². The molecule has 1 aromatic rings. The lowest BCUT2D eigenvalue weighted by Crippen LogP contribution is -2.39. The van der Waals surface area contributed by atoms with Gasteiger partial charge in [-0.15, -0.1) is 11.3 Å². The molecule has 1 aliphatic rings. The van der Waals surface area contributed by atoms with Crippen LogP contribution in [-0.2, 0) is 4.74 Å². The third-order valence-corrected chi connectivity index (χ3v) is 3.58. The van der Waals surface area contributed by atoms with Crippen LogP contribution in [0.1, 0.15) is 37.9 Å². The summed E-state index contributed by atoms with van der Waals surface area (Å²) in [4.78, 5) is 18.1.